The molecule has 0 aromatic rings. The van der Waals surface area contributed by atoms with Gasteiger partial charge in [-0.05, 0) is 86.5 Å². The zero-order valence-electron chi connectivity index (χ0n) is 17.2. The molecule has 146 valence electrons. The van der Waals surface area contributed by atoms with Crippen molar-refractivity contribution in [1.29, 1.82) is 0 Å². The molecule has 1 unspecified atom stereocenters. The third-order valence-electron chi connectivity index (χ3n) is 4.62. The third-order valence-corrected chi connectivity index (χ3v) is 4.62. The van der Waals surface area contributed by atoms with Crippen molar-refractivity contribution in [2.75, 3.05) is 0 Å². The smallest absolute Gasteiger partial charge is 0.306 e. The molecule has 0 spiro atoms. The van der Waals surface area contributed by atoms with Gasteiger partial charge in [0, 0.05) is 23.2 Å². The zero-order valence-corrected chi connectivity index (χ0v) is 17.2. The second-order valence-corrected chi connectivity index (χ2v) is 9.66. The van der Waals surface area contributed by atoms with Gasteiger partial charge in [0.05, 0.1) is 5.92 Å². The molecule has 0 radical (unpaired) electrons. The lowest BCUT2D eigenvalue weighted by molar-refractivity contribution is -0.142. The fourth-order valence-electron chi connectivity index (χ4n) is 3.63. The Morgan fingerprint density at radius 1 is 0.840 bits per heavy atom. The monoisotopic (exact) mass is 352 g/mol. The topological polar surface area (TPSA) is 61.4 Å². The Morgan fingerprint density at radius 2 is 1.36 bits per heavy atom. The minimum atomic E-state index is -0.626. The van der Waals surface area contributed by atoms with Crippen molar-refractivity contribution in [2.45, 2.75) is 110 Å². The Morgan fingerprint density at radius 3 is 1.76 bits per heavy atom. The Labute approximate surface area is 154 Å². The molecule has 0 aromatic heterocycles. The number of hydrogen-bond donors (Lipinski definition) is 3. The number of aliphatic carboxylic acids is 1. The molecule has 1 atom stereocenters. The summed E-state index contributed by atoms with van der Waals surface area (Å²) in [4.78, 5) is 10.7. The number of hydrogen-bond acceptors (Lipinski definition) is 3. The van der Waals surface area contributed by atoms with E-state index in [1.54, 1.807) is 0 Å². The molecule has 1 saturated carbocycles. The fourth-order valence-corrected chi connectivity index (χ4v) is 3.63. The standard InChI is InChI=1S/C11H21NO2.C10H19N/c1-11(2,3)12-9-6-4-8(5-7-9)10(13)14;1-10(2,3)11-9-7-5-4-6-8-9/h8-9,12H,4-7H2,1-3H3,(H,13,14);4-5,9,11H,6-8H2,1-3H3. The van der Waals surface area contributed by atoms with Crippen molar-refractivity contribution < 1.29 is 9.90 Å². The minimum absolute atomic E-state index is 0.104. The van der Waals surface area contributed by atoms with Gasteiger partial charge in [0.25, 0.3) is 0 Å². The second-order valence-electron chi connectivity index (χ2n) is 9.66. The molecule has 1 fully saturated rings. The van der Waals surface area contributed by atoms with E-state index in [1.807, 2.05) is 0 Å². The first-order valence-electron chi connectivity index (χ1n) is 9.89. The highest BCUT2D eigenvalue weighted by atomic mass is 16.4. The Balaban J connectivity index is 0.000000257. The first kappa shape index (κ1) is 22.2. The molecule has 2 aliphatic carbocycles. The molecule has 0 aromatic carbocycles. The van der Waals surface area contributed by atoms with Gasteiger partial charge < -0.3 is 15.7 Å². The van der Waals surface area contributed by atoms with Gasteiger partial charge in [0.1, 0.15) is 0 Å². The lowest BCUT2D eigenvalue weighted by Crippen LogP contribution is -2.45. The number of nitrogens with one attached hydrogen (secondary N) is 2. The summed E-state index contributed by atoms with van der Waals surface area (Å²) in [7, 11) is 0. The molecule has 0 bridgehead atoms. The molecule has 2 rings (SSSR count). The molecular weight excluding hydrogens is 312 g/mol. The van der Waals surface area contributed by atoms with Gasteiger partial charge in [0.15, 0.2) is 0 Å². The van der Waals surface area contributed by atoms with Crippen molar-refractivity contribution in [2.24, 2.45) is 5.92 Å². The largest absolute Gasteiger partial charge is 0.481 e. The van der Waals surface area contributed by atoms with E-state index in [9.17, 15) is 4.79 Å². The first-order valence-corrected chi connectivity index (χ1v) is 9.89. The van der Waals surface area contributed by atoms with E-state index in [0.29, 0.717) is 12.1 Å². The SMILES string of the molecule is CC(C)(C)NC1CC=CCC1.CC(C)(C)NC1CCC(C(=O)O)CC1. The van der Waals surface area contributed by atoms with Gasteiger partial charge in [-0.1, -0.05) is 12.2 Å². The molecule has 25 heavy (non-hydrogen) atoms. The highest BCUT2D eigenvalue weighted by Gasteiger charge is 2.27. The van der Waals surface area contributed by atoms with Crippen LogP contribution in [0.5, 0.6) is 0 Å². The summed E-state index contributed by atoms with van der Waals surface area (Å²) in [6, 6.07) is 1.21. The average molecular weight is 353 g/mol. The number of carboxylic acids is 1. The van der Waals surface area contributed by atoms with Crippen molar-refractivity contribution >= 4 is 5.97 Å². The molecule has 0 saturated heterocycles. The quantitative estimate of drug-likeness (QED) is 0.654. The van der Waals surface area contributed by atoms with Gasteiger partial charge in [0.2, 0.25) is 0 Å². The summed E-state index contributed by atoms with van der Waals surface area (Å²) in [5.41, 5.74) is 0.413. The Kier molecular flexibility index (Phi) is 8.62. The van der Waals surface area contributed by atoms with Crippen molar-refractivity contribution in [3.8, 4) is 0 Å². The summed E-state index contributed by atoms with van der Waals surface area (Å²) >= 11 is 0. The van der Waals surface area contributed by atoms with Gasteiger partial charge in [-0.15, -0.1) is 0 Å². The van der Waals surface area contributed by atoms with Crippen LogP contribution in [-0.2, 0) is 4.79 Å². The van der Waals surface area contributed by atoms with Crippen LogP contribution in [0.15, 0.2) is 12.2 Å². The summed E-state index contributed by atoms with van der Waals surface area (Å²) in [6.07, 6.45) is 11.9. The van der Waals surface area contributed by atoms with Crippen LogP contribution < -0.4 is 10.6 Å². The van der Waals surface area contributed by atoms with Crippen LogP contribution in [0.2, 0.25) is 0 Å². The van der Waals surface area contributed by atoms with Gasteiger partial charge in [-0.25, -0.2) is 0 Å². The van der Waals surface area contributed by atoms with E-state index < -0.39 is 5.97 Å². The molecule has 0 amide bonds. The average Bonchev–Trinajstić information content (AvgIpc) is 2.46. The number of allylic oxidation sites excluding steroid dienone is 1. The minimum Gasteiger partial charge on any atom is -0.481 e. The zero-order chi connectivity index (χ0) is 19.1. The number of carboxylic acid groups (broad SMARTS) is 1. The lowest BCUT2D eigenvalue weighted by atomic mass is 9.85. The van der Waals surface area contributed by atoms with E-state index in [-0.39, 0.29) is 17.0 Å². The van der Waals surface area contributed by atoms with Crippen LogP contribution in [0.4, 0.5) is 0 Å². The number of carbonyl (C=O) groups is 1. The van der Waals surface area contributed by atoms with E-state index in [1.165, 1.54) is 19.3 Å². The molecular formula is C21H40N2O2. The van der Waals surface area contributed by atoms with Gasteiger partial charge >= 0.3 is 5.97 Å². The molecule has 0 heterocycles. The predicted octanol–water partition coefficient (Wildman–Crippen LogP) is 4.50. The van der Waals surface area contributed by atoms with Crippen molar-refractivity contribution in [3.05, 3.63) is 12.2 Å². The van der Waals surface area contributed by atoms with Crippen LogP contribution in [0.25, 0.3) is 0 Å². The second kappa shape index (κ2) is 9.72. The highest BCUT2D eigenvalue weighted by molar-refractivity contribution is 5.70. The molecule has 3 N–H and O–H groups in total. The molecule has 2 aliphatic rings. The van der Waals surface area contributed by atoms with Crippen LogP contribution >= 0.6 is 0 Å². The van der Waals surface area contributed by atoms with Crippen LogP contribution in [-0.4, -0.2) is 34.2 Å². The van der Waals surface area contributed by atoms with Crippen LogP contribution in [0.3, 0.4) is 0 Å². The van der Waals surface area contributed by atoms with E-state index in [4.69, 9.17) is 5.11 Å². The van der Waals surface area contributed by atoms with Crippen molar-refractivity contribution in [3.63, 3.8) is 0 Å². The van der Waals surface area contributed by atoms with E-state index in [0.717, 1.165) is 25.7 Å². The fraction of sp³-hybridized carbons (Fsp3) is 0.857. The van der Waals surface area contributed by atoms with E-state index in [2.05, 4.69) is 64.3 Å². The summed E-state index contributed by atoms with van der Waals surface area (Å²) < 4.78 is 0. The van der Waals surface area contributed by atoms with Crippen molar-refractivity contribution in [1.82, 2.24) is 10.6 Å². The Hall–Kier alpha value is -0.870. The normalized spacial score (nSPS) is 27.4. The summed E-state index contributed by atoms with van der Waals surface area (Å²) in [6.45, 7) is 13.1. The summed E-state index contributed by atoms with van der Waals surface area (Å²) in [5.74, 6) is -0.729. The molecule has 4 nitrogen and oxygen atoms in total. The van der Waals surface area contributed by atoms with Crippen LogP contribution in [0.1, 0.15) is 86.5 Å². The molecule has 0 aliphatic heterocycles. The van der Waals surface area contributed by atoms with Gasteiger partial charge in [-0.3, -0.25) is 4.79 Å². The maximum atomic E-state index is 10.7. The van der Waals surface area contributed by atoms with Gasteiger partial charge in [-0.2, -0.15) is 0 Å². The predicted molar refractivity (Wildman–Crippen MR) is 106 cm³/mol. The molecule has 4 heteroatoms. The van der Waals surface area contributed by atoms with E-state index >= 15 is 0 Å². The highest BCUT2D eigenvalue weighted by Crippen LogP contribution is 2.25. The third kappa shape index (κ3) is 10.7. The first-order chi connectivity index (χ1) is 11.5. The summed E-state index contributed by atoms with van der Waals surface area (Å²) in [5, 5.41) is 16.0. The maximum Gasteiger partial charge on any atom is 0.306 e. The lowest BCUT2D eigenvalue weighted by Gasteiger charge is -2.33. The van der Waals surface area contributed by atoms with Crippen LogP contribution in [0, 0.1) is 5.92 Å². The number of rotatable bonds is 3. The Bertz CT molecular complexity index is 424. The maximum absolute atomic E-state index is 10.7.